The monoisotopic (exact) mass is 464 g/mol. The molecule has 152 valence electrons. The third kappa shape index (κ3) is 3.82. The van der Waals surface area contributed by atoms with Crippen LogP contribution < -0.4 is 14.5 Å². The standard InChI is InChI=1S/C22H21BrN6O/c23-20-19-21(27-26-20)24-15-25-22(19)29-12-10-28(11-13-29)17-6-8-18(9-7-17)30-14-16-4-2-1-3-5-16/h1-9,15H,10-14H2,(H,24,25,26,27). The van der Waals surface area contributed by atoms with Crippen LogP contribution in [0.15, 0.2) is 65.5 Å². The second-order valence-corrected chi connectivity index (χ2v) is 7.97. The lowest BCUT2D eigenvalue weighted by Crippen LogP contribution is -2.46. The van der Waals surface area contributed by atoms with Gasteiger partial charge in [0.25, 0.3) is 0 Å². The van der Waals surface area contributed by atoms with Crippen molar-refractivity contribution in [1.29, 1.82) is 0 Å². The van der Waals surface area contributed by atoms with E-state index in [1.807, 2.05) is 30.3 Å². The van der Waals surface area contributed by atoms with Crippen LogP contribution in [0.5, 0.6) is 5.75 Å². The lowest BCUT2D eigenvalue weighted by Gasteiger charge is -2.36. The molecule has 7 nitrogen and oxygen atoms in total. The summed E-state index contributed by atoms with van der Waals surface area (Å²) in [4.78, 5) is 13.4. The van der Waals surface area contributed by atoms with Gasteiger partial charge in [-0.25, -0.2) is 9.97 Å². The van der Waals surface area contributed by atoms with Crippen LogP contribution in [0.1, 0.15) is 5.56 Å². The SMILES string of the molecule is Brc1[nH]nc2ncnc(N3CCN(c4ccc(OCc5ccccc5)cc4)CC3)c12. The Balaban J connectivity index is 1.22. The van der Waals surface area contributed by atoms with E-state index in [2.05, 4.69) is 70.2 Å². The molecule has 1 aliphatic rings. The first-order valence-corrected chi connectivity index (χ1v) is 10.7. The van der Waals surface area contributed by atoms with Gasteiger partial charge in [-0.1, -0.05) is 30.3 Å². The number of nitrogens with zero attached hydrogens (tertiary/aromatic N) is 5. The molecule has 0 radical (unpaired) electrons. The van der Waals surface area contributed by atoms with E-state index in [9.17, 15) is 0 Å². The average Bonchev–Trinajstić information content (AvgIpc) is 3.20. The van der Waals surface area contributed by atoms with Crippen molar-refractivity contribution in [1.82, 2.24) is 20.2 Å². The van der Waals surface area contributed by atoms with Gasteiger partial charge in [-0.15, -0.1) is 0 Å². The zero-order valence-corrected chi connectivity index (χ0v) is 17.9. The number of H-pyrrole nitrogens is 1. The van der Waals surface area contributed by atoms with Gasteiger partial charge in [0.15, 0.2) is 5.65 Å². The summed E-state index contributed by atoms with van der Waals surface area (Å²) in [5.74, 6) is 1.80. The van der Waals surface area contributed by atoms with E-state index in [0.717, 1.165) is 47.7 Å². The van der Waals surface area contributed by atoms with Crippen molar-refractivity contribution in [3.05, 3.63) is 71.1 Å². The van der Waals surface area contributed by atoms with Crippen LogP contribution in [0.3, 0.4) is 0 Å². The van der Waals surface area contributed by atoms with Crippen LogP contribution in [-0.2, 0) is 6.61 Å². The van der Waals surface area contributed by atoms with Crippen molar-refractivity contribution >= 4 is 38.5 Å². The number of aromatic nitrogens is 4. The lowest BCUT2D eigenvalue weighted by atomic mass is 10.2. The number of benzene rings is 2. The molecule has 1 N–H and O–H groups in total. The van der Waals surface area contributed by atoms with Crippen molar-refractivity contribution in [3.8, 4) is 5.75 Å². The van der Waals surface area contributed by atoms with Gasteiger partial charge in [0, 0.05) is 31.9 Å². The summed E-state index contributed by atoms with van der Waals surface area (Å²) in [5.41, 5.74) is 3.06. The largest absolute Gasteiger partial charge is 0.489 e. The number of piperazine rings is 1. The highest BCUT2D eigenvalue weighted by Gasteiger charge is 2.22. The number of ether oxygens (including phenoxy) is 1. The van der Waals surface area contributed by atoms with Gasteiger partial charge >= 0.3 is 0 Å². The first kappa shape index (κ1) is 18.9. The maximum absolute atomic E-state index is 5.90. The number of anilines is 2. The molecule has 0 bridgehead atoms. The second-order valence-electron chi connectivity index (χ2n) is 7.18. The Morgan fingerprint density at radius 3 is 2.40 bits per heavy atom. The van der Waals surface area contributed by atoms with Gasteiger partial charge in [0.05, 0.1) is 5.39 Å². The van der Waals surface area contributed by atoms with Gasteiger partial charge < -0.3 is 14.5 Å². The zero-order chi connectivity index (χ0) is 20.3. The molecule has 30 heavy (non-hydrogen) atoms. The van der Waals surface area contributed by atoms with Crippen molar-refractivity contribution in [3.63, 3.8) is 0 Å². The molecule has 0 saturated carbocycles. The number of aromatic amines is 1. The minimum atomic E-state index is 0.579. The van der Waals surface area contributed by atoms with Gasteiger partial charge in [-0.3, -0.25) is 5.10 Å². The second kappa shape index (κ2) is 8.31. The molecule has 0 amide bonds. The molecule has 2 aromatic carbocycles. The summed E-state index contributed by atoms with van der Waals surface area (Å²) in [6.45, 7) is 4.19. The molecule has 8 heteroatoms. The fourth-order valence-electron chi connectivity index (χ4n) is 3.72. The number of rotatable bonds is 5. The molecule has 0 atom stereocenters. The Hall–Kier alpha value is -3.13. The van der Waals surface area contributed by atoms with Crippen LogP contribution in [0.4, 0.5) is 11.5 Å². The number of nitrogens with one attached hydrogen (secondary N) is 1. The van der Waals surface area contributed by atoms with E-state index in [-0.39, 0.29) is 0 Å². The summed E-state index contributed by atoms with van der Waals surface area (Å²) in [6.07, 6.45) is 1.57. The summed E-state index contributed by atoms with van der Waals surface area (Å²) in [6, 6.07) is 18.6. The van der Waals surface area contributed by atoms with Crippen LogP contribution in [0, 0.1) is 0 Å². The molecular weight excluding hydrogens is 444 g/mol. The normalized spacial score (nSPS) is 14.3. The van der Waals surface area contributed by atoms with Gasteiger partial charge in [0.2, 0.25) is 0 Å². The van der Waals surface area contributed by atoms with Gasteiger partial charge in [-0.05, 0) is 45.8 Å². The van der Waals surface area contributed by atoms with E-state index in [1.54, 1.807) is 6.33 Å². The first-order chi connectivity index (χ1) is 14.8. The summed E-state index contributed by atoms with van der Waals surface area (Å²) in [5, 5.41) is 8.07. The quantitative estimate of drug-likeness (QED) is 0.480. The molecule has 0 unspecified atom stereocenters. The minimum absolute atomic E-state index is 0.579. The van der Waals surface area contributed by atoms with Crippen molar-refractivity contribution < 1.29 is 4.74 Å². The third-order valence-corrected chi connectivity index (χ3v) is 5.89. The van der Waals surface area contributed by atoms with Crippen LogP contribution in [-0.4, -0.2) is 46.3 Å². The van der Waals surface area contributed by atoms with E-state index >= 15 is 0 Å². The third-order valence-electron chi connectivity index (χ3n) is 5.32. The van der Waals surface area contributed by atoms with Crippen LogP contribution in [0.2, 0.25) is 0 Å². The fourth-order valence-corrected chi connectivity index (χ4v) is 4.16. The maximum Gasteiger partial charge on any atom is 0.187 e. The fraction of sp³-hybridized carbons (Fsp3) is 0.227. The molecule has 1 fully saturated rings. The Kier molecular flexibility index (Phi) is 5.23. The van der Waals surface area contributed by atoms with Crippen LogP contribution >= 0.6 is 15.9 Å². The predicted octanol–water partition coefficient (Wildman–Crippen LogP) is 4.02. The Labute approximate surface area is 182 Å². The molecular formula is C22H21BrN6O. The smallest absolute Gasteiger partial charge is 0.187 e. The predicted molar refractivity (Wildman–Crippen MR) is 121 cm³/mol. The Bertz CT molecular complexity index is 1120. The molecule has 5 rings (SSSR count). The highest BCUT2D eigenvalue weighted by atomic mass is 79.9. The van der Waals surface area contributed by atoms with Crippen molar-refractivity contribution in [2.24, 2.45) is 0 Å². The molecule has 2 aromatic heterocycles. The lowest BCUT2D eigenvalue weighted by molar-refractivity contribution is 0.306. The zero-order valence-electron chi connectivity index (χ0n) is 16.3. The van der Waals surface area contributed by atoms with E-state index < -0.39 is 0 Å². The minimum Gasteiger partial charge on any atom is -0.489 e. The molecule has 0 aliphatic carbocycles. The average molecular weight is 465 g/mol. The highest BCUT2D eigenvalue weighted by molar-refractivity contribution is 9.10. The van der Waals surface area contributed by atoms with Crippen LogP contribution in [0.25, 0.3) is 11.0 Å². The summed E-state index contributed by atoms with van der Waals surface area (Å²) < 4.78 is 6.72. The van der Waals surface area contributed by atoms with Gasteiger partial charge in [0.1, 0.15) is 29.1 Å². The highest BCUT2D eigenvalue weighted by Crippen LogP contribution is 2.29. The maximum atomic E-state index is 5.90. The first-order valence-electron chi connectivity index (χ1n) is 9.89. The van der Waals surface area contributed by atoms with E-state index in [0.29, 0.717) is 12.3 Å². The van der Waals surface area contributed by atoms with E-state index in [4.69, 9.17) is 4.74 Å². The molecule has 3 heterocycles. The molecule has 1 saturated heterocycles. The topological polar surface area (TPSA) is 70.2 Å². The Morgan fingerprint density at radius 2 is 1.63 bits per heavy atom. The molecule has 0 spiro atoms. The number of halogens is 1. The number of fused-ring (bicyclic) bond motifs is 1. The molecule has 4 aromatic rings. The van der Waals surface area contributed by atoms with Crippen molar-refractivity contribution in [2.45, 2.75) is 6.61 Å². The van der Waals surface area contributed by atoms with Crippen molar-refractivity contribution in [2.75, 3.05) is 36.0 Å². The Morgan fingerprint density at radius 1 is 0.900 bits per heavy atom. The molecule has 1 aliphatic heterocycles. The number of hydrogen-bond acceptors (Lipinski definition) is 6. The summed E-state index contributed by atoms with van der Waals surface area (Å²) >= 11 is 3.52. The number of hydrogen-bond donors (Lipinski definition) is 1. The van der Waals surface area contributed by atoms with E-state index in [1.165, 1.54) is 11.3 Å². The van der Waals surface area contributed by atoms with Gasteiger partial charge in [-0.2, -0.15) is 5.10 Å². The summed E-state index contributed by atoms with van der Waals surface area (Å²) in [7, 11) is 0.